The van der Waals surface area contributed by atoms with Gasteiger partial charge in [-0.2, -0.15) is 0 Å². The number of carbonyl (C=O) groups excluding carboxylic acids is 1. The first-order chi connectivity index (χ1) is 10.5. The van der Waals surface area contributed by atoms with Gasteiger partial charge in [-0.05, 0) is 19.1 Å². The number of hydrogen-bond donors (Lipinski definition) is 0. The Morgan fingerprint density at radius 3 is 2.68 bits per heavy atom. The summed E-state index contributed by atoms with van der Waals surface area (Å²) in [6.07, 6.45) is 1.30. The van der Waals surface area contributed by atoms with E-state index in [1.807, 2.05) is 0 Å². The Balaban J connectivity index is 2.47. The molecule has 112 valence electrons. The zero-order chi connectivity index (χ0) is 15.9. The molecule has 0 saturated heterocycles. The van der Waals surface area contributed by atoms with Gasteiger partial charge in [0.05, 0.1) is 12.0 Å². The molecule has 0 aliphatic heterocycles. The van der Waals surface area contributed by atoms with Crippen LogP contribution in [-0.2, 0) is 11.8 Å². The molecule has 0 aliphatic rings. The maximum absolute atomic E-state index is 12.5. The maximum Gasteiger partial charge on any atom is 0.343 e. The minimum atomic E-state index is -0.735. The lowest BCUT2D eigenvalue weighted by atomic mass is 10.1. The quantitative estimate of drug-likeness (QED) is 0.533. The lowest BCUT2D eigenvalue weighted by Gasteiger charge is -2.08. The minimum absolute atomic E-state index is 0.122. The van der Waals surface area contributed by atoms with Gasteiger partial charge < -0.3 is 13.7 Å². The molecule has 0 saturated carbocycles. The van der Waals surface area contributed by atoms with Crippen LogP contribution in [0, 0.1) is 0 Å². The van der Waals surface area contributed by atoms with Crippen molar-refractivity contribution >= 4 is 28.0 Å². The highest BCUT2D eigenvalue weighted by Gasteiger charge is 2.20. The van der Waals surface area contributed by atoms with Crippen LogP contribution in [0.5, 0.6) is 0 Å². The molecule has 0 fully saturated rings. The van der Waals surface area contributed by atoms with Crippen LogP contribution in [-0.4, -0.2) is 17.1 Å². The number of esters is 1. The smallest absolute Gasteiger partial charge is 0.343 e. The second-order valence-corrected chi connectivity index (χ2v) is 4.81. The SMILES string of the molecule is CCOC(=O)c1cn(C)c2c(=O)c3ccccc3oc2c1=O. The van der Waals surface area contributed by atoms with E-state index in [0.717, 1.165) is 0 Å². The van der Waals surface area contributed by atoms with Crippen LogP contribution in [0.15, 0.2) is 44.5 Å². The maximum atomic E-state index is 12.5. The van der Waals surface area contributed by atoms with Gasteiger partial charge in [0.1, 0.15) is 16.7 Å². The van der Waals surface area contributed by atoms with Gasteiger partial charge >= 0.3 is 5.97 Å². The minimum Gasteiger partial charge on any atom is -0.462 e. The summed E-state index contributed by atoms with van der Waals surface area (Å²) >= 11 is 0. The predicted molar refractivity (Wildman–Crippen MR) is 81.2 cm³/mol. The number of hydrogen-bond acceptors (Lipinski definition) is 5. The summed E-state index contributed by atoms with van der Waals surface area (Å²) in [5.74, 6) is -0.735. The Kier molecular flexibility index (Phi) is 3.29. The van der Waals surface area contributed by atoms with Gasteiger partial charge in [0.2, 0.25) is 16.4 Å². The largest absolute Gasteiger partial charge is 0.462 e. The van der Waals surface area contributed by atoms with Crippen molar-refractivity contribution < 1.29 is 13.9 Å². The lowest BCUT2D eigenvalue weighted by Crippen LogP contribution is -2.23. The van der Waals surface area contributed by atoms with E-state index in [2.05, 4.69) is 0 Å². The van der Waals surface area contributed by atoms with E-state index in [9.17, 15) is 14.4 Å². The number of para-hydroxylation sites is 1. The van der Waals surface area contributed by atoms with Crippen molar-refractivity contribution in [1.82, 2.24) is 4.57 Å². The molecule has 3 aromatic rings. The van der Waals surface area contributed by atoms with Crippen LogP contribution in [0.3, 0.4) is 0 Å². The first-order valence-corrected chi connectivity index (χ1v) is 6.77. The zero-order valence-corrected chi connectivity index (χ0v) is 12.1. The van der Waals surface area contributed by atoms with Crippen molar-refractivity contribution in [3.63, 3.8) is 0 Å². The summed E-state index contributed by atoms with van der Waals surface area (Å²) in [6.45, 7) is 1.80. The van der Waals surface area contributed by atoms with Gasteiger partial charge in [0, 0.05) is 13.2 Å². The molecule has 0 spiro atoms. The molecular weight excluding hydrogens is 286 g/mol. The number of benzene rings is 1. The lowest BCUT2D eigenvalue weighted by molar-refractivity contribution is 0.0524. The van der Waals surface area contributed by atoms with Crippen LogP contribution in [0.4, 0.5) is 0 Å². The Bertz CT molecular complexity index is 1010. The molecule has 0 unspecified atom stereocenters. The van der Waals surface area contributed by atoms with Crippen molar-refractivity contribution in [2.24, 2.45) is 7.05 Å². The highest BCUT2D eigenvalue weighted by molar-refractivity contribution is 5.94. The highest BCUT2D eigenvalue weighted by atomic mass is 16.5. The summed E-state index contributed by atoms with van der Waals surface area (Å²) < 4.78 is 11.8. The molecule has 6 nitrogen and oxygen atoms in total. The third-order valence-corrected chi connectivity index (χ3v) is 3.40. The monoisotopic (exact) mass is 299 g/mol. The standard InChI is InChI=1S/C16H13NO5/c1-3-21-16(20)10-8-17(2)12-13(18)9-6-4-5-7-11(9)22-15(12)14(10)19/h4-8H,3H2,1-2H3. The first-order valence-electron chi connectivity index (χ1n) is 6.77. The number of ether oxygens (including phenoxy) is 1. The molecule has 3 rings (SSSR count). The van der Waals surface area contributed by atoms with Crippen LogP contribution in [0.2, 0.25) is 0 Å². The summed E-state index contributed by atoms with van der Waals surface area (Å²) in [7, 11) is 1.58. The number of pyridine rings is 1. The van der Waals surface area contributed by atoms with Gasteiger partial charge in [0.25, 0.3) is 0 Å². The van der Waals surface area contributed by atoms with Gasteiger partial charge in [-0.15, -0.1) is 0 Å². The van der Waals surface area contributed by atoms with Gasteiger partial charge in [-0.3, -0.25) is 9.59 Å². The molecular formula is C16H13NO5. The third kappa shape index (κ3) is 2.00. The Morgan fingerprint density at radius 1 is 1.23 bits per heavy atom. The molecule has 0 N–H and O–H groups in total. The second-order valence-electron chi connectivity index (χ2n) is 4.81. The fraction of sp³-hybridized carbons (Fsp3) is 0.188. The average molecular weight is 299 g/mol. The summed E-state index contributed by atoms with van der Waals surface area (Å²) in [5, 5.41) is 0.383. The fourth-order valence-electron chi connectivity index (χ4n) is 2.40. The number of aromatic nitrogens is 1. The van der Waals surface area contributed by atoms with Crippen molar-refractivity contribution in [3.8, 4) is 0 Å². The van der Waals surface area contributed by atoms with Crippen LogP contribution >= 0.6 is 0 Å². The molecule has 2 heterocycles. The molecule has 22 heavy (non-hydrogen) atoms. The Morgan fingerprint density at radius 2 is 1.95 bits per heavy atom. The predicted octanol–water partition coefficient (Wildman–Crippen LogP) is 1.82. The number of carbonyl (C=O) groups is 1. The van der Waals surface area contributed by atoms with E-state index < -0.39 is 11.4 Å². The van der Waals surface area contributed by atoms with E-state index in [0.29, 0.717) is 11.0 Å². The van der Waals surface area contributed by atoms with E-state index in [1.165, 1.54) is 10.8 Å². The fourth-order valence-corrected chi connectivity index (χ4v) is 2.40. The van der Waals surface area contributed by atoms with Crippen LogP contribution in [0.1, 0.15) is 17.3 Å². The van der Waals surface area contributed by atoms with Crippen molar-refractivity contribution in [2.45, 2.75) is 6.92 Å². The number of fused-ring (bicyclic) bond motifs is 2. The number of nitrogens with zero attached hydrogens (tertiary/aromatic N) is 1. The van der Waals surface area contributed by atoms with Crippen LogP contribution < -0.4 is 10.9 Å². The number of rotatable bonds is 2. The van der Waals surface area contributed by atoms with E-state index in [4.69, 9.17) is 9.15 Å². The third-order valence-electron chi connectivity index (χ3n) is 3.40. The van der Waals surface area contributed by atoms with Crippen molar-refractivity contribution in [2.75, 3.05) is 6.61 Å². The molecule has 0 radical (unpaired) electrons. The average Bonchev–Trinajstić information content (AvgIpc) is 2.51. The Hall–Kier alpha value is -2.89. The zero-order valence-electron chi connectivity index (χ0n) is 12.1. The van der Waals surface area contributed by atoms with Gasteiger partial charge in [0.15, 0.2) is 0 Å². The van der Waals surface area contributed by atoms with Crippen LogP contribution in [0.25, 0.3) is 22.1 Å². The summed E-state index contributed by atoms with van der Waals surface area (Å²) in [5.41, 5.74) is -0.830. The molecule has 0 aliphatic carbocycles. The Labute approximate surface area is 124 Å². The van der Waals surface area contributed by atoms with Crippen molar-refractivity contribution in [3.05, 3.63) is 56.5 Å². The summed E-state index contributed by atoms with van der Waals surface area (Å²) in [4.78, 5) is 36.8. The molecule has 0 atom stereocenters. The van der Waals surface area contributed by atoms with E-state index in [1.54, 1.807) is 38.2 Å². The normalized spacial score (nSPS) is 11.0. The molecule has 6 heteroatoms. The van der Waals surface area contributed by atoms with E-state index in [-0.39, 0.29) is 28.7 Å². The summed E-state index contributed by atoms with van der Waals surface area (Å²) in [6, 6.07) is 6.66. The topological polar surface area (TPSA) is 78.5 Å². The molecule has 0 amide bonds. The number of aryl methyl sites for hydroxylation is 1. The van der Waals surface area contributed by atoms with E-state index >= 15 is 0 Å². The van der Waals surface area contributed by atoms with Gasteiger partial charge in [-0.1, -0.05) is 12.1 Å². The molecule has 0 bridgehead atoms. The van der Waals surface area contributed by atoms with Gasteiger partial charge in [-0.25, -0.2) is 4.79 Å². The first kappa shape index (κ1) is 14.1. The highest BCUT2D eigenvalue weighted by Crippen LogP contribution is 2.16. The van der Waals surface area contributed by atoms with Crippen molar-refractivity contribution in [1.29, 1.82) is 0 Å². The molecule has 1 aromatic carbocycles. The second kappa shape index (κ2) is 5.14. The molecule has 2 aromatic heterocycles.